The second-order valence-corrected chi connectivity index (χ2v) is 15.9. The Balaban J connectivity index is 0.00000242. The van der Waals surface area contributed by atoms with Crippen LogP contribution in [0, 0.1) is 0 Å². The van der Waals surface area contributed by atoms with Gasteiger partial charge < -0.3 is 4.65 Å². The van der Waals surface area contributed by atoms with E-state index in [4.69, 9.17) is 4.65 Å². The molecule has 0 saturated heterocycles. The second-order valence-electron chi connectivity index (χ2n) is 7.06. The summed E-state index contributed by atoms with van der Waals surface area (Å²) >= 11 is 0. The Labute approximate surface area is 180 Å². The molecule has 22 heavy (non-hydrogen) atoms. The molecule has 0 heterocycles. The topological polar surface area (TPSA) is 14.1 Å². The molecule has 1 nitrogen and oxygen atoms in total. The van der Waals surface area contributed by atoms with E-state index in [0.29, 0.717) is 0 Å². The van der Waals surface area contributed by atoms with Crippen molar-refractivity contribution in [2.45, 2.75) is 38.3 Å². The number of benzene rings is 2. The van der Waals surface area contributed by atoms with Crippen LogP contribution >= 0.6 is 0 Å². The molecule has 0 saturated carbocycles. The van der Waals surface area contributed by atoms with Crippen LogP contribution in [-0.4, -0.2) is 16.5 Å². The van der Waals surface area contributed by atoms with Gasteiger partial charge in [-0.05, 0) is 0 Å². The van der Waals surface area contributed by atoms with Crippen molar-refractivity contribution in [2.24, 2.45) is 0 Å². The van der Waals surface area contributed by atoms with Gasteiger partial charge in [-0.25, -0.2) is 0 Å². The zero-order valence-electron chi connectivity index (χ0n) is 14.6. The third-order valence-electron chi connectivity index (χ3n) is 3.56. The van der Waals surface area contributed by atoms with Crippen LogP contribution in [0.1, 0.15) is 11.1 Å². The van der Waals surface area contributed by atoms with Gasteiger partial charge in [0.05, 0.1) is 0 Å². The van der Waals surface area contributed by atoms with E-state index in [0.717, 1.165) is 12.1 Å². The van der Waals surface area contributed by atoms with Crippen molar-refractivity contribution in [3.8, 4) is 0 Å². The van der Waals surface area contributed by atoms with Gasteiger partial charge in [-0.3, -0.25) is 0 Å². The molecule has 0 fully saturated rings. The van der Waals surface area contributed by atoms with Gasteiger partial charge in [-0.2, -0.15) is 0 Å². The first-order valence-electron chi connectivity index (χ1n) is 7.68. The molecule has 0 atom stereocenters. The molecule has 0 unspecified atom stereocenters. The van der Waals surface area contributed by atoms with Crippen LogP contribution in [0.25, 0.3) is 4.65 Å². The SMILES string of the molecule is C[Si](C)(Cc1ccccc1)[N-][Si](C)(C)Cc1ccccc1.[K+]. The van der Waals surface area contributed by atoms with Gasteiger partial charge in [0.25, 0.3) is 0 Å². The van der Waals surface area contributed by atoms with Crippen molar-refractivity contribution in [1.29, 1.82) is 0 Å². The number of rotatable bonds is 6. The van der Waals surface area contributed by atoms with Gasteiger partial charge in [0, 0.05) is 0 Å². The fourth-order valence-electron chi connectivity index (χ4n) is 3.09. The van der Waals surface area contributed by atoms with Crippen molar-refractivity contribution in [3.63, 3.8) is 0 Å². The molecule has 0 aliphatic heterocycles. The third-order valence-corrected chi connectivity index (χ3v) is 11.0. The van der Waals surface area contributed by atoms with E-state index in [-0.39, 0.29) is 51.4 Å². The maximum Gasteiger partial charge on any atom is 1.00 e. The largest absolute Gasteiger partial charge is 1.00 e. The molecule has 2 aromatic carbocycles. The third kappa shape index (κ3) is 7.36. The summed E-state index contributed by atoms with van der Waals surface area (Å²) in [5.74, 6) is 0. The monoisotopic (exact) mass is 351 g/mol. The molecule has 0 spiro atoms. The van der Waals surface area contributed by atoms with E-state index < -0.39 is 16.5 Å². The van der Waals surface area contributed by atoms with Crippen molar-refractivity contribution in [3.05, 3.63) is 76.4 Å². The van der Waals surface area contributed by atoms with Crippen LogP contribution in [0.5, 0.6) is 0 Å². The molecule has 0 N–H and O–H groups in total. The van der Waals surface area contributed by atoms with Gasteiger partial charge in [0.15, 0.2) is 0 Å². The normalized spacial score (nSPS) is 11.8. The molecule has 2 rings (SSSR count). The molecule has 0 radical (unpaired) electrons. The number of hydrogen-bond acceptors (Lipinski definition) is 0. The van der Waals surface area contributed by atoms with Crippen LogP contribution in [0.15, 0.2) is 60.7 Å². The summed E-state index contributed by atoms with van der Waals surface area (Å²) in [5.41, 5.74) is 2.87. The summed E-state index contributed by atoms with van der Waals surface area (Å²) in [4.78, 5) is 0. The molecule has 0 bridgehead atoms. The minimum Gasteiger partial charge on any atom is -0.667 e. The van der Waals surface area contributed by atoms with Gasteiger partial charge in [-0.15, -0.1) is 0 Å². The predicted octanol–water partition coefficient (Wildman–Crippen LogP) is 2.34. The fraction of sp³-hybridized carbons (Fsp3) is 0.333. The Morgan fingerprint density at radius 2 is 0.955 bits per heavy atom. The first-order valence-corrected chi connectivity index (χ1v) is 14.0. The van der Waals surface area contributed by atoms with Gasteiger partial charge >= 0.3 is 51.4 Å². The van der Waals surface area contributed by atoms with E-state index in [2.05, 4.69) is 86.9 Å². The van der Waals surface area contributed by atoms with Crippen molar-refractivity contribution in [2.75, 3.05) is 0 Å². The Hall–Kier alpha value is 0.470. The van der Waals surface area contributed by atoms with E-state index >= 15 is 0 Å². The van der Waals surface area contributed by atoms with Crippen molar-refractivity contribution >= 4 is 16.5 Å². The summed E-state index contributed by atoms with van der Waals surface area (Å²) in [5, 5.41) is 0. The maximum atomic E-state index is 5.41. The average molecular weight is 352 g/mol. The second kappa shape index (κ2) is 9.08. The van der Waals surface area contributed by atoms with Gasteiger partial charge in [0.1, 0.15) is 0 Å². The Morgan fingerprint density at radius 1 is 0.636 bits per heavy atom. The summed E-state index contributed by atoms with van der Waals surface area (Å²) in [6, 6.07) is 23.9. The van der Waals surface area contributed by atoms with Crippen LogP contribution in [0.4, 0.5) is 0 Å². The van der Waals surface area contributed by atoms with Crippen LogP contribution in [0.3, 0.4) is 0 Å². The maximum absolute atomic E-state index is 5.41. The smallest absolute Gasteiger partial charge is 0.667 e. The number of hydrogen-bond donors (Lipinski definition) is 0. The average Bonchev–Trinajstić information content (AvgIpc) is 2.38. The van der Waals surface area contributed by atoms with Gasteiger partial charge in [-0.1, -0.05) is 127 Å². The summed E-state index contributed by atoms with van der Waals surface area (Å²) < 4.78 is 5.41. The molecular formula is C18H26KNSi2. The summed E-state index contributed by atoms with van der Waals surface area (Å²) in [6.45, 7) is 9.61. The molecule has 0 aliphatic carbocycles. The molecule has 0 aromatic heterocycles. The van der Waals surface area contributed by atoms with E-state index in [9.17, 15) is 0 Å². The Kier molecular flexibility index (Phi) is 8.47. The zero-order valence-corrected chi connectivity index (χ0v) is 19.8. The summed E-state index contributed by atoms with van der Waals surface area (Å²) in [7, 11) is -3.09. The molecule has 2 aromatic rings. The first kappa shape index (κ1) is 20.5. The molecule has 4 heteroatoms. The van der Waals surface area contributed by atoms with E-state index in [1.807, 2.05) is 0 Å². The quantitative estimate of drug-likeness (QED) is 0.709. The first-order chi connectivity index (χ1) is 9.86. The minimum atomic E-state index is -1.55. The Bertz CT molecular complexity index is 504. The van der Waals surface area contributed by atoms with Crippen molar-refractivity contribution < 1.29 is 51.4 Å². The van der Waals surface area contributed by atoms with E-state index in [1.165, 1.54) is 11.1 Å². The van der Waals surface area contributed by atoms with Crippen LogP contribution < -0.4 is 51.4 Å². The van der Waals surface area contributed by atoms with Crippen LogP contribution in [0.2, 0.25) is 26.2 Å². The number of nitrogens with zero attached hydrogens (tertiary/aromatic N) is 1. The molecule has 0 amide bonds. The van der Waals surface area contributed by atoms with Crippen LogP contribution in [-0.2, 0) is 12.1 Å². The van der Waals surface area contributed by atoms with E-state index in [1.54, 1.807) is 0 Å². The standard InChI is InChI=1S/C18H26NSi2.K/c1-20(2,15-17-11-7-5-8-12-17)19-21(3,4)16-18-13-9-6-10-14-18;/h5-14H,15-16H2,1-4H3;/q-1;+1. The zero-order chi connectivity index (χ0) is 15.3. The predicted molar refractivity (Wildman–Crippen MR) is 98.6 cm³/mol. The molecule has 112 valence electrons. The summed E-state index contributed by atoms with van der Waals surface area (Å²) in [6.07, 6.45) is 0. The van der Waals surface area contributed by atoms with Gasteiger partial charge in [0.2, 0.25) is 0 Å². The molecular weight excluding hydrogens is 325 g/mol. The fourth-order valence-corrected chi connectivity index (χ4v) is 12.7. The minimum absolute atomic E-state index is 0. The van der Waals surface area contributed by atoms with Crippen molar-refractivity contribution in [1.82, 2.24) is 0 Å². The molecule has 0 aliphatic rings. The Morgan fingerprint density at radius 3 is 1.27 bits per heavy atom.